The molecule has 0 bridgehead atoms. The summed E-state index contributed by atoms with van der Waals surface area (Å²) in [5, 5.41) is 0.599. The van der Waals surface area contributed by atoms with Gasteiger partial charge in [-0.3, -0.25) is 4.79 Å². The van der Waals surface area contributed by atoms with Gasteiger partial charge in [0.25, 0.3) is 0 Å². The molecule has 1 aromatic heterocycles. The fourth-order valence-electron chi connectivity index (χ4n) is 3.35. The molecule has 0 saturated carbocycles. The van der Waals surface area contributed by atoms with Crippen LogP contribution in [0.3, 0.4) is 0 Å². The van der Waals surface area contributed by atoms with E-state index in [1.807, 2.05) is 62.4 Å². The molecule has 0 radical (unpaired) electrons. The summed E-state index contributed by atoms with van der Waals surface area (Å²) in [6.45, 7) is 4.02. The van der Waals surface area contributed by atoms with E-state index < -0.39 is 5.60 Å². The van der Waals surface area contributed by atoms with Crippen molar-refractivity contribution in [3.63, 3.8) is 0 Å². The molecule has 120 valence electrons. The molecule has 3 heteroatoms. The van der Waals surface area contributed by atoms with E-state index >= 15 is 0 Å². The van der Waals surface area contributed by atoms with Gasteiger partial charge in [0.15, 0.2) is 5.43 Å². The molecule has 2 heterocycles. The van der Waals surface area contributed by atoms with Gasteiger partial charge in [-0.2, -0.15) is 0 Å². The minimum Gasteiger partial charge on any atom is -0.483 e. The van der Waals surface area contributed by atoms with Crippen molar-refractivity contribution in [1.82, 2.24) is 0 Å². The van der Waals surface area contributed by atoms with E-state index in [2.05, 4.69) is 0 Å². The molecule has 1 aliphatic rings. The quantitative estimate of drug-likeness (QED) is 0.641. The van der Waals surface area contributed by atoms with Crippen LogP contribution in [0, 0.1) is 0 Å². The van der Waals surface area contributed by atoms with Crippen molar-refractivity contribution in [2.24, 2.45) is 0 Å². The second-order valence-electron chi connectivity index (χ2n) is 6.35. The highest BCUT2D eigenvalue weighted by molar-refractivity contribution is 5.84. The number of allylic oxidation sites excluding steroid dienone is 1. The van der Waals surface area contributed by atoms with Gasteiger partial charge in [0.05, 0.1) is 5.39 Å². The summed E-state index contributed by atoms with van der Waals surface area (Å²) >= 11 is 0. The van der Waals surface area contributed by atoms with Gasteiger partial charge in [-0.05, 0) is 32.1 Å². The maximum absolute atomic E-state index is 12.5. The largest absolute Gasteiger partial charge is 0.483 e. The summed E-state index contributed by atoms with van der Waals surface area (Å²) in [5.74, 6) is 1.37. The molecule has 0 fully saturated rings. The van der Waals surface area contributed by atoms with Gasteiger partial charge < -0.3 is 9.15 Å². The van der Waals surface area contributed by atoms with Crippen molar-refractivity contribution >= 4 is 11.0 Å². The van der Waals surface area contributed by atoms with Crippen LogP contribution in [0.4, 0.5) is 0 Å². The third-order valence-corrected chi connectivity index (χ3v) is 4.41. The fraction of sp³-hybridized carbons (Fsp3) is 0.190. The normalized spacial score (nSPS) is 19.6. The zero-order chi connectivity index (χ0) is 16.7. The highest BCUT2D eigenvalue weighted by atomic mass is 16.5. The summed E-state index contributed by atoms with van der Waals surface area (Å²) < 4.78 is 12.2. The van der Waals surface area contributed by atoms with E-state index in [0.29, 0.717) is 23.2 Å². The van der Waals surface area contributed by atoms with E-state index in [-0.39, 0.29) is 5.43 Å². The minimum absolute atomic E-state index is 0.0301. The Balaban J connectivity index is 1.94. The van der Waals surface area contributed by atoms with Crippen molar-refractivity contribution in [1.29, 1.82) is 0 Å². The molecule has 0 amide bonds. The average Bonchev–Trinajstić information content (AvgIpc) is 2.92. The second-order valence-corrected chi connectivity index (χ2v) is 6.35. The smallest absolute Gasteiger partial charge is 0.193 e. The Hall–Kier alpha value is -2.81. The number of benzene rings is 2. The Morgan fingerprint density at radius 2 is 1.92 bits per heavy atom. The van der Waals surface area contributed by atoms with Gasteiger partial charge in [0.2, 0.25) is 0 Å². The van der Waals surface area contributed by atoms with Crippen LogP contribution in [0.15, 0.2) is 69.9 Å². The summed E-state index contributed by atoms with van der Waals surface area (Å²) in [7, 11) is 0. The summed E-state index contributed by atoms with van der Waals surface area (Å²) in [6.07, 6.45) is 4.71. The first kappa shape index (κ1) is 14.8. The molecule has 0 spiro atoms. The van der Waals surface area contributed by atoms with Crippen LogP contribution in [0.5, 0.6) is 5.75 Å². The van der Waals surface area contributed by atoms with Crippen molar-refractivity contribution in [2.45, 2.75) is 25.9 Å². The number of rotatable bonds is 2. The summed E-state index contributed by atoms with van der Waals surface area (Å²) in [5.41, 5.74) is 2.06. The van der Waals surface area contributed by atoms with E-state index in [1.54, 1.807) is 12.1 Å². The van der Waals surface area contributed by atoms with Crippen LogP contribution < -0.4 is 10.2 Å². The Morgan fingerprint density at radius 3 is 2.67 bits per heavy atom. The van der Waals surface area contributed by atoms with Crippen LogP contribution in [-0.2, 0) is 6.42 Å². The first-order valence-electron chi connectivity index (χ1n) is 8.08. The van der Waals surface area contributed by atoms with E-state index in [9.17, 15) is 4.79 Å². The lowest BCUT2D eigenvalue weighted by molar-refractivity contribution is 0.171. The standard InChI is InChI=1S/C21H18O3/c1-3-11-21(2)13-16-18(24-21)10-9-15-17(22)12-19(23-20(15)16)14-7-5-4-6-8-14/h3-12H,13H2,1-2H3/b11-3+. The molecule has 0 N–H and O–H groups in total. The predicted octanol–water partition coefficient (Wildman–Crippen LogP) is 4.73. The SMILES string of the molecule is C/C=C/C1(C)Cc2c(ccc3c(=O)cc(-c4ccccc4)oc23)O1. The zero-order valence-corrected chi connectivity index (χ0v) is 13.7. The van der Waals surface area contributed by atoms with Gasteiger partial charge in [0, 0.05) is 23.6 Å². The van der Waals surface area contributed by atoms with Crippen molar-refractivity contribution < 1.29 is 9.15 Å². The van der Waals surface area contributed by atoms with Gasteiger partial charge in [-0.1, -0.05) is 36.4 Å². The second kappa shape index (κ2) is 5.38. The third-order valence-electron chi connectivity index (χ3n) is 4.41. The fourth-order valence-corrected chi connectivity index (χ4v) is 3.35. The molecular weight excluding hydrogens is 300 g/mol. The Labute approximate surface area is 140 Å². The molecule has 1 unspecified atom stereocenters. The van der Waals surface area contributed by atoms with Crippen LogP contribution in [0.1, 0.15) is 19.4 Å². The number of hydrogen-bond acceptors (Lipinski definition) is 3. The molecule has 4 rings (SSSR count). The third kappa shape index (κ3) is 2.33. The highest BCUT2D eigenvalue weighted by Gasteiger charge is 2.34. The Morgan fingerprint density at radius 1 is 1.12 bits per heavy atom. The van der Waals surface area contributed by atoms with Gasteiger partial charge in [-0.15, -0.1) is 0 Å². The highest BCUT2D eigenvalue weighted by Crippen LogP contribution is 2.40. The lowest BCUT2D eigenvalue weighted by Gasteiger charge is -2.18. The van der Waals surface area contributed by atoms with Crippen LogP contribution in [0.2, 0.25) is 0 Å². The number of fused-ring (bicyclic) bond motifs is 3. The Bertz CT molecular complexity index is 999. The number of hydrogen-bond donors (Lipinski definition) is 0. The van der Waals surface area contributed by atoms with E-state index in [4.69, 9.17) is 9.15 Å². The lowest BCUT2D eigenvalue weighted by Crippen LogP contribution is -2.26. The maximum Gasteiger partial charge on any atom is 0.193 e. The van der Waals surface area contributed by atoms with Gasteiger partial charge in [0.1, 0.15) is 22.7 Å². The van der Waals surface area contributed by atoms with Crippen molar-refractivity contribution in [2.75, 3.05) is 0 Å². The zero-order valence-electron chi connectivity index (χ0n) is 13.7. The molecule has 3 nitrogen and oxygen atoms in total. The predicted molar refractivity (Wildman–Crippen MR) is 95.5 cm³/mol. The number of ether oxygens (including phenoxy) is 1. The van der Waals surface area contributed by atoms with Crippen LogP contribution >= 0.6 is 0 Å². The van der Waals surface area contributed by atoms with Gasteiger partial charge in [-0.25, -0.2) is 0 Å². The van der Waals surface area contributed by atoms with E-state index in [1.165, 1.54) is 0 Å². The molecule has 0 saturated heterocycles. The van der Waals surface area contributed by atoms with Crippen molar-refractivity contribution in [3.05, 3.63) is 76.5 Å². The topological polar surface area (TPSA) is 39.4 Å². The maximum atomic E-state index is 12.5. The van der Waals surface area contributed by atoms with Gasteiger partial charge >= 0.3 is 0 Å². The molecule has 3 aromatic rings. The Kier molecular flexibility index (Phi) is 3.31. The molecule has 2 aromatic carbocycles. The molecule has 0 aliphatic carbocycles. The average molecular weight is 318 g/mol. The molecule has 1 aliphatic heterocycles. The van der Waals surface area contributed by atoms with Crippen LogP contribution in [0.25, 0.3) is 22.3 Å². The first-order chi connectivity index (χ1) is 11.6. The first-order valence-corrected chi connectivity index (χ1v) is 8.08. The molecular formula is C21H18O3. The van der Waals surface area contributed by atoms with Crippen LogP contribution in [-0.4, -0.2) is 5.60 Å². The summed E-state index contributed by atoms with van der Waals surface area (Å²) in [6, 6.07) is 14.9. The van der Waals surface area contributed by atoms with E-state index in [0.717, 1.165) is 16.9 Å². The molecule has 24 heavy (non-hydrogen) atoms. The summed E-state index contributed by atoms with van der Waals surface area (Å²) in [4.78, 5) is 12.5. The lowest BCUT2D eigenvalue weighted by atomic mass is 9.97. The minimum atomic E-state index is -0.396. The molecule has 1 atom stereocenters. The van der Waals surface area contributed by atoms with Crippen molar-refractivity contribution in [3.8, 4) is 17.1 Å². The monoisotopic (exact) mass is 318 g/mol.